The highest BCUT2D eigenvalue weighted by Crippen LogP contribution is 2.27. The summed E-state index contributed by atoms with van der Waals surface area (Å²) in [5.41, 5.74) is 0.556. The van der Waals surface area contributed by atoms with E-state index in [9.17, 15) is 8.42 Å². The number of nitrogens with one attached hydrogen (secondary N) is 1. The minimum Gasteiger partial charge on any atom is -0.360 e. The molecule has 0 saturated carbocycles. The van der Waals surface area contributed by atoms with Gasteiger partial charge < -0.3 is 5.32 Å². The third-order valence-corrected chi connectivity index (χ3v) is 5.80. The number of hydrogen-bond acceptors (Lipinski definition) is 5. The monoisotopic (exact) mass is 344 g/mol. The first-order valence-corrected chi connectivity index (χ1v) is 9.18. The van der Waals surface area contributed by atoms with Crippen LogP contribution in [0.3, 0.4) is 0 Å². The molecular weight excluding hydrogens is 324 g/mol. The highest BCUT2D eigenvalue weighted by Gasteiger charge is 2.31. The average Bonchev–Trinajstić information content (AvgIpc) is 2.55. The number of allylic oxidation sites excluding steroid dienone is 1. The van der Waals surface area contributed by atoms with E-state index in [0.717, 1.165) is 6.42 Å². The second kappa shape index (κ2) is 7.48. The van der Waals surface area contributed by atoms with Gasteiger partial charge in [-0.3, -0.25) is 0 Å². The van der Waals surface area contributed by atoms with Crippen LogP contribution in [-0.2, 0) is 10.0 Å². The van der Waals surface area contributed by atoms with Gasteiger partial charge in [0, 0.05) is 25.0 Å². The van der Waals surface area contributed by atoms with E-state index < -0.39 is 10.0 Å². The topological polar surface area (TPSA) is 97.0 Å². The summed E-state index contributed by atoms with van der Waals surface area (Å²) < 4.78 is 27.1. The van der Waals surface area contributed by atoms with E-state index in [1.165, 1.54) is 18.3 Å². The van der Waals surface area contributed by atoms with Gasteiger partial charge in [-0.15, -0.1) is 0 Å². The number of rotatable bonds is 4. The van der Waals surface area contributed by atoms with E-state index in [1.807, 2.05) is 0 Å². The summed E-state index contributed by atoms with van der Waals surface area (Å²) in [6, 6.07) is 9.79. The number of piperidine rings is 1. The molecular formula is C17H20N4O2S. The van der Waals surface area contributed by atoms with E-state index >= 15 is 0 Å². The first kappa shape index (κ1) is 18.0. The fourth-order valence-corrected chi connectivity index (χ4v) is 4.60. The van der Waals surface area contributed by atoms with Gasteiger partial charge in [0.15, 0.2) is 0 Å². The molecule has 0 spiro atoms. The Morgan fingerprint density at radius 2 is 1.71 bits per heavy atom. The summed E-state index contributed by atoms with van der Waals surface area (Å²) in [5.74, 6) is 0.704. The van der Waals surface area contributed by atoms with Crippen LogP contribution < -0.4 is 5.32 Å². The van der Waals surface area contributed by atoms with Gasteiger partial charge in [0.25, 0.3) is 0 Å². The first-order valence-electron chi connectivity index (χ1n) is 7.74. The first-order chi connectivity index (χ1) is 11.4. The summed E-state index contributed by atoms with van der Waals surface area (Å²) in [4.78, 5) is 0.249. The number of hydrogen-bond donors (Lipinski definition) is 1. The molecule has 1 aromatic rings. The van der Waals surface area contributed by atoms with Crippen LogP contribution in [0.2, 0.25) is 0 Å². The maximum Gasteiger partial charge on any atom is 0.243 e. The zero-order valence-electron chi connectivity index (χ0n) is 13.7. The largest absolute Gasteiger partial charge is 0.360 e. The second-order valence-corrected chi connectivity index (χ2v) is 8.16. The Morgan fingerprint density at radius 1 is 1.17 bits per heavy atom. The number of benzene rings is 1. The van der Waals surface area contributed by atoms with Crippen molar-refractivity contribution in [1.82, 2.24) is 4.31 Å². The van der Waals surface area contributed by atoms with Gasteiger partial charge >= 0.3 is 0 Å². The summed E-state index contributed by atoms with van der Waals surface area (Å²) >= 11 is 0. The third-order valence-electron chi connectivity index (χ3n) is 3.95. The van der Waals surface area contributed by atoms with Crippen molar-refractivity contribution in [2.24, 2.45) is 11.8 Å². The minimum absolute atomic E-state index is 0.0528. The number of anilines is 1. The lowest BCUT2D eigenvalue weighted by molar-refractivity contribution is 0.222. The molecule has 1 N–H and O–H groups in total. The highest BCUT2D eigenvalue weighted by atomic mass is 32.2. The predicted molar refractivity (Wildman–Crippen MR) is 91.1 cm³/mol. The maximum atomic E-state index is 12.8. The molecule has 2 atom stereocenters. The Labute approximate surface area is 143 Å². The molecule has 2 rings (SSSR count). The van der Waals surface area contributed by atoms with E-state index in [1.54, 1.807) is 28.6 Å². The zero-order chi connectivity index (χ0) is 17.7. The summed E-state index contributed by atoms with van der Waals surface area (Å²) in [7, 11) is -3.50. The lowest BCUT2D eigenvalue weighted by Crippen LogP contribution is -2.42. The standard InChI is InChI=1S/C17H20N4O2S/c1-13-7-14(2)12-21(11-13)24(22,23)17-5-3-16(4-6-17)20-10-15(8-18)9-19/h3-6,10,13-14,20H,7,11-12H2,1-2H3. The number of nitriles is 2. The molecule has 126 valence electrons. The van der Waals surface area contributed by atoms with Crippen LogP contribution in [0.15, 0.2) is 40.9 Å². The Bertz CT molecular complexity index is 774. The highest BCUT2D eigenvalue weighted by molar-refractivity contribution is 7.89. The van der Waals surface area contributed by atoms with Crippen molar-refractivity contribution in [2.45, 2.75) is 25.2 Å². The second-order valence-electron chi connectivity index (χ2n) is 6.22. The van der Waals surface area contributed by atoms with Crippen LogP contribution in [-0.4, -0.2) is 25.8 Å². The molecule has 0 aromatic heterocycles. The van der Waals surface area contributed by atoms with Crippen LogP contribution in [0.5, 0.6) is 0 Å². The normalized spacial score (nSPS) is 21.3. The van der Waals surface area contributed by atoms with Gasteiger partial charge in [-0.1, -0.05) is 13.8 Å². The van der Waals surface area contributed by atoms with E-state index in [-0.39, 0.29) is 10.5 Å². The van der Waals surface area contributed by atoms with Gasteiger partial charge in [-0.2, -0.15) is 14.8 Å². The molecule has 1 saturated heterocycles. The smallest absolute Gasteiger partial charge is 0.243 e. The van der Waals surface area contributed by atoms with Crippen molar-refractivity contribution in [3.8, 4) is 12.1 Å². The molecule has 0 bridgehead atoms. The maximum absolute atomic E-state index is 12.8. The fraction of sp³-hybridized carbons (Fsp3) is 0.412. The SMILES string of the molecule is CC1CC(C)CN(S(=O)(=O)c2ccc(NC=C(C#N)C#N)cc2)C1. The van der Waals surface area contributed by atoms with Gasteiger partial charge in [-0.25, -0.2) is 8.42 Å². The van der Waals surface area contributed by atoms with E-state index in [0.29, 0.717) is 30.6 Å². The molecule has 2 unspecified atom stereocenters. The molecule has 0 aliphatic carbocycles. The molecule has 1 heterocycles. The van der Waals surface area contributed by atoms with E-state index in [2.05, 4.69) is 19.2 Å². The van der Waals surface area contributed by atoms with Crippen molar-refractivity contribution in [3.63, 3.8) is 0 Å². The molecule has 6 nitrogen and oxygen atoms in total. The Morgan fingerprint density at radius 3 is 2.21 bits per heavy atom. The van der Waals surface area contributed by atoms with Crippen LogP contribution >= 0.6 is 0 Å². The molecule has 1 aliphatic rings. The van der Waals surface area contributed by atoms with Gasteiger partial charge in [-0.05, 0) is 42.5 Å². The van der Waals surface area contributed by atoms with Crippen molar-refractivity contribution >= 4 is 15.7 Å². The number of sulfonamides is 1. The molecule has 1 aromatic carbocycles. The lowest BCUT2D eigenvalue weighted by Gasteiger charge is -2.34. The minimum atomic E-state index is -3.50. The quantitative estimate of drug-likeness (QED) is 0.847. The van der Waals surface area contributed by atoms with Crippen molar-refractivity contribution in [1.29, 1.82) is 10.5 Å². The molecule has 1 fully saturated rings. The molecule has 1 aliphatic heterocycles. The molecule has 0 amide bonds. The molecule has 0 radical (unpaired) electrons. The van der Waals surface area contributed by atoms with Gasteiger partial charge in [0.2, 0.25) is 10.0 Å². The van der Waals surface area contributed by atoms with Crippen molar-refractivity contribution in [2.75, 3.05) is 18.4 Å². The van der Waals surface area contributed by atoms with Crippen LogP contribution in [0.25, 0.3) is 0 Å². The summed E-state index contributed by atoms with van der Waals surface area (Å²) in [6.07, 6.45) is 2.33. The lowest BCUT2D eigenvalue weighted by atomic mass is 9.94. The zero-order valence-corrected chi connectivity index (χ0v) is 14.5. The summed E-state index contributed by atoms with van der Waals surface area (Å²) in [6.45, 7) is 5.23. The molecule has 24 heavy (non-hydrogen) atoms. The Hall–Kier alpha value is -2.35. The number of nitrogens with zero attached hydrogens (tertiary/aromatic N) is 3. The third kappa shape index (κ3) is 4.14. The van der Waals surface area contributed by atoms with Crippen LogP contribution in [0, 0.1) is 34.5 Å². The van der Waals surface area contributed by atoms with Gasteiger partial charge in [0.05, 0.1) is 4.90 Å². The predicted octanol–water partition coefficient (Wildman–Crippen LogP) is 2.70. The van der Waals surface area contributed by atoms with Crippen LogP contribution in [0.4, 0.5) is 5.69 Å². The van der Waals surface area contributed by atoms with E-state index in [4.69, 9.17) is 10.5 Å². The van der Waals surface area contributed by atoms with Crippen molar-refractivity contribution < 1.29 is 8.42 Å². The van der Waals surface area contributed by atoms with Crippen molar-refractivity contribution in [3.05, 3.63) is 36.0 Å². The average molecular weight is 344 g/mol. The van der Waals surface area contributed by atoms with Crippen LogP contribution in [0.1, 0.15) is 20.3 Å². The Kier molecular flexibility index (Phi) is 5.61. The Balaban J connectivity index is 2.16. The van der Waals surface area contributed by atoms with Gasteiger partial charge in [0.1, 0.15) is 17.7 Å². The summed E-state index contributed by atoms with van der Waals surface area (Å²) in [5, 5.41) is 20.2. The fourth-order valence-electron chi connectivity index (χ4n) is 2.92. The molecule has 7 heteroatoms.